The molecule has 0 spiro atoms. The highest BCUT2D eigenvalue weighted by molar-refractivity contribution is 7.90. The lowest BCUT2D eigenvalue weighted by Gasteiger charge is -2.16. The van der Waals surface area contributed by atoms with E-state index in [0.29, 0.717) is 22.6 Å². The Balaban J connectivity index is 1.72. The summed E-state index contributed by atoms with van der Waals surface area (Å²) < 4.78 is 93.9. The van der Waals surface area contributed by atoms with Gasteiger partial charge in [-0.3, -0.25) is 0 Å². The quantitative estimate of drug-likeness (QED) is 0.170. The summed E-state index contributed by atoms with van der Waals surface area (Å²) in [6.45, 7) is 2.16. The van der Waals surface area contributed by atoms with Gasteiger partial charge in [-0.2, -0.15) is 0 Å². The molecule has 5 aromatic rings. The Bertz CT molecular complexity index is 2000. The van der Waals surface area contributed by atoms with Crippen LogP contribution in [0.3, 0.4) is 0 Å². The molecule has 0 fully saturated rings. The standard InChI is InChI=1S/C32H29F4N3O5S/c1-17-15-39(18(2)37-17)28-7-5-20(22-11-26(35)25(16-40)30(12-22)45(4,41)42)9-24(28)31-32(43-19(3)38-31)21-6-8-29(27(36)10-21)44-23(13-33)14-34/h5-12,15,23,40H,13-14,16H2,1-4H3. The number of halogens is 4. The lowest BCUT2D eigenvalue weighted by Crippen LogP contribution is -2.21. The molecule has 2 heterocycles. The van der Waals surface area contributed by atoms with Crippen LogP contribution in [0.4, 0.5) is 17.6 Å². The molecule has 0 saturated carbocycles. The van der Waals surface area contributed by atoms with Gasteiger partial charge in [-0.15, -0.1) is 0 Å². The first-order valence-corrected chi connectivity index (χ1v) is 15.6. The molecule has 0 saturated heterocycles. The topological polar surface area (TPSA) is 107 Å². The SMILES string of the molecule is Cc1cn(-c2ccc(-c3cc(F)c(CO)c(S(C)(=O)=O)c3)cc2-c2nc(C)oc2-c2ccc(OC(CF)CF)c(F)c2)c(C)n1. The molecule has 0 aliphatic heterocycles. The third kappa shape index (κ3) is 6.36. The number of hydrogen-bond acceptors (Lipinski definition) is 7. The molecule has 236 valence electrons. The average Bonchev–Trinajstić information content (AvgIpc) is 3.55. The fourth-order valence-corrected chi connectivity index (χ4v) is 6.02. The van der Waals surface area contributed by atoms with E-state index in [1.54, 1.807) is 38.2 Å². The Hall–Kier alpha value is -4.49. The first-order valence-electron chi connectivity index (χ1n) is 13.7. The number of rotatable bonds is 10. The molecule has 0 bridgehead atoms. The van der Waals surface area contributed by atoms with Crippen LogP contribution in [0, 0.1) is 32.4 Å². The smallest absolute Gasteiger partial charge is 0.192 e. The number of alkyl halides is 2. The zero-order chi connectivity index (χ0) is 32.6. The van der Waals surface area contributed by atoms with Crippen molar-refractivity contribution in [1.29, 1.82) is 0 Å². The number of aryl methyl sites for hydroxylation is 3. The maximum Gasteiger partial charge on any atom is 0.192 e. The van der Waals surface area contributed by atoms with Gasteiger partial charge in [0.2, 0.25) is 0 Å². The first-order chi connectivity index (χ1) is 21.3. The summed E-state index contributed by atoms with van der Waals surface area (Å²) in [5.74, 6) is -1.05. The molecule has 45 heavy (non-hydrogen) atoms. The van der Waals surface area contributed by atoms with Crippen LogP contribution in [0.15, 0.2) is 64.0 Å². The second-order valence-corrected chi connectivity index (χ2v) is 12.5. The maximum absolute atomic E-state index is 15.1. The summed E-state index contributed by atoms with van der Waals surface area (Å²) >= 11 is 0. The predicted octanol–water partition coefficient (Wildman–Crippen LogP) is 6.65. The number of aromatic nitrogens is 3. The van der Waals surface area contributed by atoms with Crippen molar-refractivity contribution in [2.75, 3.05) is 19.6 Å². The van der Waals surface area contributed by atoms with E-state index >= 15 is 8.78 Å². The van der Waals surface area contributed by atoms with Crippen molar-refractivity contribution in [3.63, 3.8) is 0 Å². The average molecular weight is 644 g/mol. The second kappa shape index (κ2) is 12.5. The van der Waals surface area contributed by atoms with E-state index in [1.807, 2.05) is 11.5 Å². The van der Waals surface area contributed by atoms with Crippen LogP contribution in [0.5, 0.6) is 5.75 Å². The van der Waals surface area contributed by atoms with E-state index in [1.165, 1.54) is 18.2 Å². The minimum absolute atomic E-state index is 0.164. The van der Waals surface area contributed by atoms with Gasteiger partial charge in [0.15, 0.2) is 39.2 Å². The lowest BCUT2D eigenvalue weighted by molar-refractivity contribution is 0.128. The molecule has 3 aromatic carbocycles. The Morgan fingerprint density at radius 2 is 1.62 bits per heavy atom. The summed E-state index contributed by atoms with van der Waals surface area (Å²) in [6, 6.07) is 11.3. The molecular weight excluding hydrogens is 614 g/mol. The van der Waals surface area contributed by atoms with Gasteiger partial charge in [-0.25, -0.2) is 35.9 Å². The molecule has 5 rings (SSSR count). The highest BCUT2D eigenvalue weighted by Crippen LogP contribution is 2.40. The van der Waals surface area contributed by atoms with Crippen molar-refractivity contribution >= 4 is 9.84 Å². The highest BCUT2D eigenvalue weighted by Gasteiger charge is 2.24. The van der Waals surface area contributed by atoms with Gasteiger partial charge in [0.05, 0.1) is 22.9 Å². The van der Waals surface area contributed by atoms with E-state index in [4.69, 9.17) is 9.15 Å². The van der Waals surface area contributed by atoms with Crippen LogP contribution in [0.25, 0.3) is 39.4 Å². The molecule has 0 atom stereocenters. The fraction of sp³-hybridized carbons (Fsp3) is 0.250. The summed E-state index contributed by atoms with van der Waals surface area (Å²) in [6.07, 6.45) is 1.29. The number of nitrogens with zero attached hydrogens (tertiary/aromatic N) is 3. The fourth-order valence-electron chi connectivity index (χ4n) is 5.07. The number of sulfone groups is 1. The van der Waals surface area contributed by atoms with Gasteiger partial charge in [-0.05, 0) is 67.4 Å². The zero-order valence-corrected chi connectivity index (χ0v) is 25.6. The van der Waals surface area contributed by atoms with Crippen molar-refractivity contribution in [3.05, 3.63) is 89.3 Å². The summed E-state index contributed by atoms with van der Waals surface area (Å²) in [5, 5.41) is 9.65. The minimum Gasteiger partial charge on any atom is -0.482 e. The van der Waals surface area contributed by atoms with Gasteiger partial charge in [-0.1, -0.05) is 6.07 Å². The number of hydrogen-bond donors (Lipinski definition) is 1. The molecule has 0 aliphatic carbocycles. The van der Waals surface area contributed by atoms with Crippen molar-refractivity contribution in [3.8, 4) is 45.1 Å². The third-order valence-electron chi connectivity index (χ3n) is 7.13. The number of aliphatic hydroxyl groups is 1. The predicted molar refractivity (Wildman–Crippen MR) is 159 cm³/mol. The van der Waals surface area contributed by atoms with Crippen molar-refractivity contribution in [2.45, 2.75) is 38.4 Å². The number of benzene rings is 3. The van der Waals surface area contributed by atoms with Crippen molar-refractivity contribution in [2.24, 2.45) is 0 Å². The number of imidazole rings is 1. The third-order valence-corrected chi connectivity index (χ3v) is 8.29. The first kappa shape index (κ1) is 31.9. The normalized spacial score (nSPS) is 11.9. The summed E-state index contributed by atoms with van der Waals surface area (Å²) in [5.41, 5.74) is 2.62. The van der Waals surface area contributed by atoms with E-state index < -0.39 is 47.5 Å². The van der Waals surface area contributed by atoms with Crippen molar-refractivity contribution < 1.29 is 40.2 Å². The van der Waals surface area contributed by atoms with Crippen LogP contribution in [-0.2, 0) is 16.4 Å². The van der Waals surface area contributed by atoms with E-state index in [9.17, 15) is 22.3 Å². The Labute approximate surface area is 256 Å². The van der Waals surface area contributed by atoms with Crippen LogP contribution >= 0.6 is 0 Å². The van der Waals surface area contributed by atoms with Gasteiger partial charge >= 0.3 is 0 Å². The number of aliphatic hydroxyl groups excluding tert-OH is 1. The van der Waals surface area contributed by atoms with Gasteiger partial charge < -0.3 is 18.8 Å². The molecule has 0 radical (unpaired) electrons. The van der Waals surface area contributed by atoms with E-state index in [2.05, 4.69) is 9.97 Å². The van der Waals surface area contributed by atoms with Crippen molar-refractivity contribution in [1.82, 2.24) is 14.5 Å². The van der Waals surface area contributed by atoms with Crippen LogP contribution in [0.1, 0.15) is 23.0 Å². The van der Waals surface area contributed by atoms with Gasteiger partial charge in [0, 0.05) is 36.1 Å². The highest BCUT2D eigenvalue weighted by atomic mass is 32.2. The summed E-state index contributed by atoms with van der Waals surface area (Å²) in [7, 11) is -3.90. The number of ether oxygens (including phenoxy) is 1. The van der Waals surface area contributed by atoms with Crippen LogP contribution < -0.4 is 4.74 Å². The van der Waals surface area contributed by atoms with Crippen LogP contribution in [-0.4, -0.2) is 53.8 Å². The molecule has 2 aromatic heterocycles. The Kier molecular flexibility index (Phi) is 8.86. The second-order valence-electron chi connectivity index (χ2n) is 10.5. The molecule has 0 aliphatic rings. The van der Waals surface area contributed by atoms with E-state index in [-0.39, 0.29) is 44.7 Å². The molecular formula is C32H29F4N3O5S. The Morgan fingerprint density at radius 3 is 2.22 bits per heavy atom. The minimum atomic E-state index is -3.90. The van der Waals surface area contributed by atoms with Gasteiger partial charge in [0.25, 0.3) is 0 Å². The lowest BCUT2D eigenvalue weighted by atomic mass is 9.97. The van der Waals surface area contributed by atoms with Crippen LogP contribution in [0.2, 0.25) is 0 Å². The zero-order valence-electron chi connectivity index (χ0n) is 24.7. The largest absolute Gasteiger partial charge is 0.482 e. The van der Waals surface area contributed by atoms with Gasteiger partial charge in [0.1, 0.15) is 30.7 Å². The Morgan fingerprint density at radius 1 is 0.933 bits per heavy atom. The monoisotopic (exact) mass is 643 g/mol. The molecule has 8 nitrogen and oxygen atoms in total. The molecule has 1 N–H and O–H groups in total. The molecule has 0 amide bonds. The molecule has 0 unspecified atom stereocenters. The molecule has 13 heteroatoms. The van der Waals surface area contributed by atoms with E-state index in [0.717, 1.165) is 24.1 Å². The number of oxazole rings is 1. The maximum atomic E-state index is 15.1. The summed E-state index contributed by atoms with van der Waals surface area (Å²) in [4.78, 5) is 8.72.